The molecular weight excluding hydrogens is 262 g/mol. The quantitative estimate of drug-likeness (QED) is 0.938. The first-order valence-electron chi connectivity index (χ1n) is 7.42. The highest BCUT2D eigenvalue weighted by Crippen LogP contribution is 2.24. The van der Waals surface area contributed by atoms with E-state index < -0.39 is 0 Å². The van der Waals surface area contributed by atoms with Crippen molar-refractivity contribution in [3.63, 3.8) is 0 Å². The Bertz CT molecular complexity index is 596. The smallest absolute Gasteiger partial charge is 0.150 e. The van der Waals surface area contributed by atoms with Crippen LogP contribution in [0.15, 0.2) is 30.6 Å². The van der Waals surface area contributed by atoms with Crippen molar-refractivity contribution in [2.75, 3.05) is 25.5 Å². The van der Waals surface area contributed by atoms with Crippen molar-refractivity contribution in [2.45, 2.75) is 25.7 Å². The lowest BCUT2D eigenvalue weighted by Gasteiger charge is -2.29. The van der Waals surface area contributed by atoms with E-state index in [1.54, 1.807) is 6.20 Å². The van der Waals surface area contributed by atoms with Gasteiger partial charge in [0.25, 0.3) is 0 Å². The average Bonchev–Trinajstić information content (AvgIpc) is 2.48. The van der Waals surface area contributed by atoms with Gasteiger partial charge in [0.1, 0.15) is 11.6 Å². The van der Waals surface area contributed by atoms with Crippen LogP contribution >= 0.6 is 0 Å². The van der Waals surface area contributed by atoms with E-state index in [1.807, 2.05) is 31.3 Å². The molecule has 0 saturated carbocycles. The molecule has 0 bridgehead atoms. The fourth-order valence-corrected chi connectivity index (χ4v) is 2.77. The minimum absolute atomic E-state index is 0.502. The van der Waals surface area contributed by atoms with Gasteiger partial charge in [-0.3, -0.25) is 4.98 Å². The van der Waals surface area contributed by atoms with Crippen LogP contribution in [-0.4, -0.2) is 40.0 Å². The van der Waals surface area contributed by atoms with Gasteiger partial charge in [0.05, 0.1) is 18.1 Å². The number of hydrogen-bond donors (Lipinski definition) is 1. The third-order valence-corrected chi connectivity index (χ3v) is 3.86. The highest BCUT2D eigenvalue weighted by Gasteiger charge is 2.20. The first kappa shape index (κ1) is 13.9. The van der Waals surface area contributed by atoms with Crippen molar-refractivity contribution in [1.82, 2.24) is 19.9 Å². The summed E-state index contributed by atoms with van der Waals surface area (Å²) in [7, 11) is 2.17. The molecule has 5 heteroatoms. The third-order valence-electron chi connectivity index (χ3n) is 3.86. The summed E-state index contributed by atoms with van der Waals surface area (Å²) in [6.45, 7) is 4.23. The van der Waals surface area contributed by atoms with Gasteiger partial charge in [-0.2, -0.15) is 0 Å². The molecule has 1 aliphatic heterocycles. The summed E-state index contributed by atoms with van der Waals surface area (Å²) in [6.07, 6.45) is 6.12. The lowest BCUT2D eigenvalue weighted by Crippen LogP contribution is -2.31. The average molecular weight is 283 g/mol. The van der Waals surface area contributed by atoms with E-state index in [2.05, 4.69) is 32.2 Å². The highest BCUT2D eigenvalue weighted by atomic mass is 15.1. The van der Waals surface area contributed by atoms with E-state index in [1.165, 1.54) is 19.4 Å². The number of anilines is 2. The number of rotatable bonds is 3. The molecule has 0 aromatic carbocycles. The van der Waals surface area contributed by atoms with Crippen LogP contribution in [-0.2, 0) is 0 Å². The summed E-state index contributed by atoms with van der Waals surface area (Å²) in [4.78, 5) is 15.8. The van der Waals surface area contributed by atoms with Gasteiger partial charge in [0, 0.05) is 18.2 Å². The maximum Gasteiger partial charge on any atom is 0.150 e. The number of pyridine rings is 1. The van der Waals surface area contributed by atoms with E-state index in [0.29, 0.717) is 5.92 Å². The van der Waals surface area contributed by atoms with Crippen molar-refractivity contribution in [3.05, 3.63) is 42.0 Å². The molecule has 110 valence electrons. The molecule has 5 nitrogen and oxygen atoms in total. The van der Waals surface area contributed by atoms with Crippen molar-refractivity contribution >= 4 is 11.6 Å². The SMILES string of the molecule is Cc1cccc(Nc2cnc(C3CCCN(C)C3)cn2)n1. The number of nitrogens with one attached hydrogen (secondary N) is 1. The predicted octanol–water partition coefficient (Wildman–Crippen LogP) is 2.73. The predicted molar refractivity (Wildman–Crippen MR) is 83.8 cm³/mol. The van der Waals surface area contributed by atoms with E-state index in [9.17, 15) is 0 Å². The fraction of sp³-hybridized carbons (Fsp3) is 0.438. The Morgan fingerprint density at radius 3 is 2.81 bits per heavy atom. The van der Waals surface area contributed by atoms with Crippen LogP contribution in [0.2, 0.25) is 0 Å². The largest absolute Gasteiger partial charge is 0.324 e. The molecular formula is C16H21N5. The molecule has 1 atom stereocenters. The molecule has 1 aliphatic rings. The number of aryl methyl sites for hydroxylation is 1. The van der Waals surface area contributed by atoms with Crippen LogP contribution in [0, 0.1) is 6.92 Å². The van der Waals surface area contributed by atoms with Crippen LogP contribution in [0.4, 0.5) is 11.6 Å². The lowest BCUT2D eigenvalue weighted by molar-refractivity contribution is 0.248. The normalized spacial score (nSPS) is 19.4. The van der Waals surface area contributed by atoms with Gasteiger partial charge in [-0.15, -0.1) is 0 Å². The summed E-state index contributed by atoms with van der Waals surface area (Å²) in [6, 6.07) is 5.88. The van der Waals surface area contributed by atoms with Gasteiger partial charge in [0.2, 0.25) is 0 Å². The Morgan fingerprint density at radius 1 is 1.19 bits per heavy atom. The molecule has 1 fully saturated rings. The summed E-state index contributed by atoms with van der Waals surface area (Å²) in [5, 5.41) is 3.19. The standard InChI is InChI=1S/C16H21N5/c1-12-5-3-7-15(19-12)20-16-10-17-14(9-18-16)13-6-4-8-21(2)11-13/h3,5,7,9-10,13H,4,6,8,11H2,1-2H3,(H,18,19,20). The van der Waals surface area contributed by atoms with E-state index in [4.69, 9.17) is 0 Å². The van der Waals surface area contributed by atoms with Crippen molar-refractivity contribution in [2.24, 2.45) is 0 Å². The zero-order valence-electron chi connectivity index (χ0n) is 12.6. The van der Waals surface area contributed by atoms with Crippen molar-refractivity contribution in [3.8, 4) is 0 Å². The molecule has 3 heterocycles. The summed E-state index contributed by atoms with van der Waals surface area (Å²) < 4.78 is 0. The molecule has 3 rings (SSSR count). The van der Waals surface area contributed by atoms with E-state index in [0.717, 1.165) is 29.6 Å². The Kier molecular flexibility index (Phi) is 4.10. The number of nitrogens with zero attached hydrogens (tertiary/aromatic N) is 4. The molecule has 2 aromatic heterocycles. The van der Waals surface area contributed by atoms with Crippen LogP contribution in [0.25, 0.3) is 0 Å². The van der Waals surface area contributed by atoms with Gasteiger partial charge in [-0.05, 0) is 45.5 Å². The molecule has 0 amide bonds. The molecule has 21 heavy (non-hydrogen) atoms. The van der Waals surface area contributed by atoms with Crippen LogP contribution in [0.5, 0.6) is 0 Å². The van der Waals surface area contributed by atoms with Crippen LogP contribution in [0.3, 0.4) is 0 Å². The molecule has 1 saturated heterocycles. The Morgan fingerprint density at radius 2 is 2.10 bits per heavy atom. The zero-order valence-corrected chi connectivity index (χ0v) is 12.6. The van der Waals surface area contributed by atoms with Gasteiger partial charge in [-0.25, -0.2) is 9.97 Å². The van der Waals surface area contributed by atoms with Gasteiger partial charge in [0.15, 0.2) is 0 Å². The van der Waals surface area contributed by atoms with Crippen LogP contribution < -0.4 is 5.32 Å². The first-order chi connectivity index (χ1) is 10.2. The Labute approximate surface area is 125 Å². The molecule has 0 radical (unpaired) electrons. The molecule has 1 unspecified atom stereocenters. The summed E-state index contributed by atoms with van der Waals surface area (Å²) >= 11 is 0. The number of likely N-dealkylation sites (tertiary alicyclic amines) is 1. The Hall–Kier alpha value is -2.01. The third kappa shape index (κ3) is 3.55. The maximum atomic E-state index is 4.58. The number of aromatic nitrogens is 3. The van der Waals surface area contributed by atoms with Crippen LogP contribution in [0.1, 0.15) is 30.1 Å². The number of hydrogen-bond acceptors (Lipinski definition) is 5. The highest BCUT2D eigenvalue weighted by molar-refractivity contribution is 5.50. The van der Waals surface area contributed by atoms with E-state index in [-0.39, 0.29) is 0 Å². The second-order valence-electron chi connectivity index (χ2n) is 5.72. The Balaban J connectivity index is 1.69. The number of piperidine rings is 1. The summed E-state index contributed by atoms with van der Waals surface area (Å²) in [5.41, 5.74) is 2.07. The molecule has 0 aliphatic carbocycles. The van der Waals surface area contributed by atoms with Crippen molar-refractivity contribution < 1.29 is 0 Å². The van der Waals surface area contributed by atoms with Gasteiger partial charge >= 0.3 is 0 Å². The summed E-state index contributed by atoms with van der Waals surface area (Å²) in [5.74, 6) is 2.04. The molecule has 1 N–H and O–H groups in total. The minimum atomic E-state index is 0.502. The van der Waals surface area contributed by atoms with Gasteiger partial charge < -0.3 is 10.2 Å². The number of likely N-dealkylation sites (N-methyl/N-ethyl adjacent to an activating group) is 1. The topological polar surface area (TPSA) is 53.9 Å². The maximum absolute atomic E-state index is 4.58. The second-order valence-corrected chi connectivity index (χ2v) is 5.72. The molecule has 0 spiro atoms. The first-order valence-corrected chi connectivity index (χ1v) is 7.42. The fourth-order valence-electron chi connectivity index (χ4n) is 2.77. The zero-order chi connectivity index (χ0) is 14.7. The van der Waals surface area contributed by atoms with Crippen molar-refractivity contribution in [1.29, 1.82) is 0 Å². The second kappa shape index (κ2) is 6.18. The molecule has 2 aromatic rings. The lowest BCUT2D eigenvalue weighted by atomic mass is 9.95. The minimum Gasteiger partial charge on any atom is -0.324 e. The van der Waals surface area contributed by atoms with E-state index >= 15 is 0 Å². The monoisotopic (exact) mass is 283 g/mol. The van der Waals surface area contributed by atoms with Gasteiger partial charge in [-0.1, -0.05) is 6.07 Å².